The molecule has 3 N–H and O–H groups in total. The Morgan fingerprint density at radius 1 is 1.30 bits per heavy atom. The largest absolute Gasteiger partial charge is 0.484 e. The Bertz CT molecular complexity index is 810. The molecule has 5 nitrogen and oxygen atoms in total. The number of thiophene rings is 1. The normalized spacial score (nSPS) is 14.0. The third-order valence-corrected chi connectivity index (χ3v) is 5.29. The van der Waals surface area contributed by atoms with E-state index in [0.29, 0.717) is 12.3 Å². The maximum absolute atomic E-state index is 13.1. The fourth-order valence-electron chi connectivity index (χ4n) is 2.94. The highest BCUT2D eigenvalue weighted by atomic mass is 32.1. The van der Waals surface area contributed by atoms with E-state index in [-0.39, 0.29) is 12.5 Å². The van der Waals surface area contributed by atoms with Crippen molar-refractivity contribution in [3.8, 4) is 5.75 Å². The third-order valence-electron chi connectivity index (χ3n) is 4.43. The summed E-state index contributed by atoms with van der Waals surface area (Å²) in [5.74, 6) is 6.33. The molecule has 0 saturated carbocycles. The first-order valence-electron chi connectivity index (χ1n) is 9.06. The molecule has 1 aliphatic carbocycles. The van der Waals surface area contributed by atoms with E-state index in [9.17, 15) is 4.79 Å². The number of hydrogen-bond acceptors (Lipinski definition) is 5. The predicted octanol–water partition coefficient (Wildman–Crippen LogP) is 3.88. The number of amides is 1. The van der Waals surface area contributed by atoms with Crippen LogP contribution in [0.15, 0.2) is 65.3 Å². The quantitative estimate of drug-likeness (QED) is 0.562. The average molecular weight is 384 g/mol. The minimum atomic E-state index is -0.0988. The van der Waals surface area contributed by atoms with E-state index < -0.39 is 0 Å². The van der Waals surface area contributed by atoms with Crippen molar-refractivity contribution in [2.75, 3.05) is 6.61 Å². The molecule has 0 atom stereocenters. The standard InChI is InChI=1S/C21H25N3O2S/c1-16-9-11-17(12-10-16)26-15-21(25)24(14-18-6-5-13-27-18)20-8-4-2-3-7-19(20)23-22/h4-6,8-13,23H,2-3,7,14-15,22H2,1H3. The van der Waals surface area contributed by atoms with Gasteiger partial charge in [0.05, 0.1) is 12.2 Å². The molecule has 1 amide bonds. The van der Waals surface area contributed by atoms with Crippen LogP contribution >= 0.6 is 11.3 Å². The molecule has 1 aromatic carbocycles. The molecular weight excluding hydrogens is 358 g/mol. The molecule has 2 aromatic rings. The van der Waals surface area contributed by atoms with Crippen LogP contribution in [0.3, 0.4) is 0 Å². The van der Waals surface area contributed by atoms with Crippen molar-refractivity contribution in [3.63, 3.8) is 0 Å². The molecule has 0 spiro atoms. The third kappa shape index (κ3) is 5.21. The molecule has 0 bridgehead atoms. The van der Waals surface area contributed by atoms with Gasteiger partial charge in [-0.2, -0.15) is 0 Å². The van der Waals surface area contributed by atoms with Gasteiger partial charge in [-0.3, -0.25) is 10.6 Å². The summed E-state index contributed by atoms with van der Waals surface area (Å²) in [5.41, 5.74) is 5.64. The van der Waals surface area contributed by atoms with Crippen LogP contribution in [0, 0.1) is 6.92 Å². The van der Waals surface area contributed by atoms with Gasteiger partial charge >= 0.3 is 0 Å². The van der Waals surface area contributed by atoms with Gasteiger partial charge < -0.3 is 15.1 Å². The lowest BCUT2D eigenvalue weighted by atomic mass is 10.2. The van der Waals surface area contributed by atoms with E-state index >= 15 is 0 Å². The van der Waals surface area contributed by atoms with E-state index in [1.54, 1.807) is 16.2 Å². The number of allylic oxidation sites excluding steroid dienone is 3. The number of carbonyl (C=O) groups is 1. The molecule has 0 radical (unpaired) electrons. The van der Waals surface area contributed by atoms with E-state index in [1.807, 2.05) is 54.8 Å². The minimum absolute atomic E-state index is 0.0242. The second-order valence-corrected chi connectivity index (χ2v) is 7.50. The van der Waals surface area contributed by atoms with Gasteiger partial charge in [0.2, 0.25) is 0 Å². The monoisotopic (exact) mass is 383 g/mol. The average Bonchev–Trinajstić information content (AvgIpc) is 3.08. The summed E-state index contributed by atoms with van der Waals surface area (Å²) in [6.45, 7) is 2.49. The van der Waals surface area contributed by atoms with E-state index in [1.165, 1.54) is 0 Å². The highest BCUT2D eigenvalue weighted by molar-refractivity contribution is 7.09. The Labute approximate surface area is 164 Å². The molecule has 0 saturated heterocycles. The second-order valence-electron chi connectivity index (χ2n) is 6.46. The number of aryl methyl sites for hydroxylation is 1. The highest BCUT2D eigenvalue weighted by Crippen LogP contribution is 2.23. The summed E-state index contributed by atoms with van der Waals surface area (Å²) in [6.07, 6.45) is 6.86. The fraction of sp³-hybridized carbons (Fsp3) is 0.286. The molecule has 0 unspecified atom stereocenters. The molecule has 142 valence electrons. The molecule has 27 heavy (non-hydrogen) atoms. The Kier molecular flexibility index (Phi) is 6.68. The van der Waals surface area contributed by atoms with Gasteiger partial charge in [-0.05, 0) is 55.8 Å². The van der Waals surface area contributed by atoms with Crippen molar-refractivity contribution in [2.45, 2.75) is 32.7 Å². The molecule has 0 fully saturated rings. The maximum Gasteiger partial charge on any atom is 0.265 e. The summed E-state index contributed by atoms with van der Waals surface area (Å²) in [7, 11) is 0. The molecule has 1 aliphatic rings. The van der Waals surface area contributed by atoms with Crippen molar-refractivity contribution < 1.29 is 9.53 Å². The Hall–Kier alpha value is -2.57. The first-order chi connectivity index (χ1) is 13.2. The zero-order chi connectivity index (χ0) is 19.1. The first kappa shape index (κ1) is 19.2. The number of rotatable bonds is 7. The van der Waals surface area contributed by atoms with Gasteiger partial charge in [0.15, 0.2) is 6.61 Å². The summed E-state index contributed by atoms with van der Waals surface area (Å²) < 4.78 is 5.73. The number of ether oxygens (including phenoxy) is 1. The molecule has 6 heteroatoms. The number of nitrogens with one attached hydrogen (secondary N) is 1. The minimum Gasteiger partial charge on any atom is -0.484 e. The van der Waals surface area contributed by atoms with Gasteiger partial charge in [0.25, 0.3) is 5.91 Å². The number of nitrogens with two attached hydrogens (primary N) is 1. The number of nitrogens with zero attached hydrogens (tertiary/aromatic N) is 1. The number of hydrazine groups is 1. The van der Waals surface area contributed by atoms with Crippen molar-refractivity contribution in [1.82, 2.24) is 10.3 Å². The highest BCUT2D eigenvalue weighted by Gasteiger charge is 2.22. The maximum atomic E-state index is 13.1. The van der Waals surface area contributed by atoms with Crippen LogP contribution in [0.2, 0.25) is 0 Å². The smallest absolute Gasteiger partial charge is 0.265 e. The fourth-order valence-corrected chi connectivity index (χ4v) is 3.64. The zero-order valence-electron chi connectivity index (χ0n) is 15.5. The van der Waals surface area contributed by atoms with Crippen LogP contribution < -0.4 is 16.0 Å². The van der Waals surface area contributed by atoms with Crippen molar-refractivity contribution in [3.05, 3.63) is 75.8 Å². The van der Waals surface area contributed by atoms with Crippen LogP contribution in [0.25, 0.3) is 0 Å². The lowest BCUT2D eigenvalue weighted by Crippen LogP contribution is -2.36. The Morgan fingerprint density at radius 2 is 2.11 bits per heavy atom. The van der Waals surface area contributed by atoms with Crippen LogP contribution in [0.1, 0.15) is 29.7 Å². The van der Waals surface area contributed by atoms with Gasteiger partial charge in [-0.15, -0.1) is 11.3 Å². The van der Waals surface area contributed by atoms with Crippen LogP contribution in [-0.2, 0) is 11.3 Å². The Balaban J connectivity index is 1.81. The molecular formula is C21H25N3O2S. The van der Waals surface area contributed by atoms with Gasteiger partial charge in [-0.1, -0.05) is 29.8 Å². The zero-order valence-corrected chi connectivity index (χ0v) is 16.3. The van der Waals surface area contributed by atoms with E-state index in [2.05, 4.69) is 11.5 Å². The second kappa shape index (κ2) is 9.39. The molecule has 0 aliphatic heterocycles. The number of benzene rings is 1. The van der Waals surface area contributed by atoms with E-state index in [4.69, 9.17) is 10.6 Å². The molecule has 1 aromatic heterocycles. The summed E-state index contributed by atoms with van der Waals surface area (Å²) in [4.78, 5) is 15.9. The lowest BCUT2D eigenvalue weighted by molar-refractivity contribution is -0.131. The van der Waals surface area contributed by atoms with Crippen molar-refractivity contribution in [2.24, 2.45) is 5.84 Å². The molecule has 3 rings (SSSR count). The van der Waals surface area contributed by atoms with Crippen LogP contribution in [0.5, 0.6) is 5.75 Å². The predicted molar refractivity (Wildman–Crippen MR) is 109 cm³/mol. The van der Waals surface area contributed by atoms with Crippen molar-refractivity contribution >= 4 is 17.2 Å². The molecule has 1 heterocycles. The van der Waals surface area contributed by atoms with Crippen LogP contribution in [-0.4, -0.2) is 17.4 Å². The number of hydrogen-bond donors (Lipinski definition) is 2. The summed E-state index contributed by atoms with van der Waals surface area (Å²) >= 11 is 1.63. The SMILES string of the molecule is Cc1ccc(OCC(=O)N(Cc2cccs2)C2=C(NN)CCCC=C2)cc1. The lowest BCUT2D eigenvalue weighted by Gasteiger charge is -2.25. The van der Waals surface area contributed by atoms with Crippen molar-refractivity contribution in [1.29, 1.82) is 0 Å². The van der Waals surface area contributed by atoms with Gasteiger partial charge in [0, 0.05) is 10.6 Å². The number of carbonyl (C=O) groups excluding carboxylic acids is 1. The summed E-state index contributed by atoms with van der Waals surface area (Å²) in [5, 5.41) is 2.01. The topological polar surface area (TPSA) is 67.6 Å². The first-order valence-corrected chi connectivity index (χ1v) is 9.94. The van der Waals surface area contributed by atoms with Gasteiger partial charge in [-0.25, -0.2) is 0 Å². The summed E-state index contributed by atoms with van der Waals surface area (Å²) in [6, 6.07) is 11.7. The Morgan fingerprint density at radius 3 is 2.81 bits per heavy atom. The van der Waals surface area contributed by atoms with Crippen LogP contribution in [0.4, 0.5) is 0 Å². The van der Waals surface area contributed by atoms with Gasteiger partial charge in [0.1, 0.15) is 5.75 Å². The van der Waals surface area contributed by atoms with E-state index in [0.717, 1.165) is 41.1 Å².